The molecular weight excluding hydrogens is 208 g/mol. The second kappa shape index (κ2) is 6.86. The normalized spacial score (nSPS) is 23.4. The first-order valence-electron chi connectivity index (χ1n) is 5.54. The second-order valence-electron chi connectivity index (χ2n) is 3.82. The van der Waals surface area contributed by atoms with Crippen LogP contribution < -0.4 is 0 Å². The van der Waals surface area contributed by atoms with Gasteiger partial charge in [-0.15, -0.1) is 0 Å². The van der Waals surface area contributed by atoms with Crippen LogP contribution in [-0.2, 0) is 19.0 Å². The highest BCUT2D eigenvalue weighted by Crippen LogP contribution is 2.26. The molecule has 0 aliphatic carbocycles. The van der Waals surface area contributed by atoms with Crippen LogP contribution >= 0.6 is 0 Å². The maximum Gasteiger partial charge on any atom is 0.314 e. The Morgan fingerprint density at radius 1 is 1.62 bits per heavy atom. The number of rotatable bonds is 7. The minimum absolute atomic E-state index is 0.136. The molecule has 1 heterocycles. The molecule has 0 unspecified atom stereocenters. The number of esters is 1. The molecule has 16 heavy (non-hydrogen) atoms. The summed E-state index contributed by atoms with van der Waals surface area (Å²) >= 11 is 0. The largest absolute Gasteiger partial charge is 0.459 e. The lowest BCUT2D eigenvalue weighted by Crippen LogP contribution is -2.30. The van der Waals surface area contributed by atoms with Crippen molar-refractivity contribution in [2.75, 3.05) is 13.9 Å². The third-order valence-electron chi connectivity index (χ3n) is 2.48. The Hall–Kier alpha value is -0.610. The van der Waals surface area contributed by atoms with Gasteiger partial charge in [-0.2, -0.15) is 0 Å². The van der Waals surface area contributed by atoms with Crippen LogP contribution in [0.1, 0.15) is 26.2 Å². The van der Waals surface area contributed by atoms with Gasteiger partial charge in [-0.25, -0.2) is 0 Å². The predicted molar refractivity (Wildman–Crippen MR) is 59.1 cm³/mol. The summed E-state index contributed by atoms with van der Waals surface area (Å²) in [7, 11) is 1.57. The van der Waals surface area contributed by atoms with Crippen molar-refractivity contribution in [1.29, 1.82) is 0 Å². The number of unbranched alkanes of at least 4 members (excludes halogenated alkanes) is 1. The fraction of sp³-hybridized carbons (Fsp3) is 0.667. The molecule has 0 bridgehead atoms. The van der Waals surface area contributed by atoms with Crippen molar-refractivity contribution in [2.45, 2.75) is 38.4 Å². The van der Waals surface area contributed by atoms with Crippen molar-refractivity contribution in [3.63, 3.8) is 0 Å². The quantitative estimate of drug-likeness (QED) is 0.490. The standard InChI is InChI=1S/C12H19O4/c1-4-5-6-10(15-8-14-3)11-7-9(2)12(13)16-11/h7,10-11H,2,4-6,8H2,1,3H3/t10-,11-/m0/s1. The van der Waals surface area contributed by atoms with Crippen LogP contribution in [0.2, 0.25) is 0 Å². The molecule has 0 aromatic carbocycles. The number of hydrogen-bond acceptors (Lipinski definition) is 4. The van der Waals surface area contributed by atoms with Crippen molar-refractivity contribution in [1.82, 2.24) is 0 Å². The predicted octanol–water partition coefficient (Wildman–Crippen LogP) is 1.70. The van der Waals surface area contributed by atoms with E-state index in [-0.39, 0.29) is 25.0 Å². The summed E-state index contributed by atoms with van der Waals surface area (Å²) in [5, 5.41) is 0. The summed E-state index contributed by atoms with van der Waals surface area (Å²) < 4.78 is 15.5. The molecule has 0 aromatic heterocycles. The van der Waals surface area contributed by atoms with E-state index in [1.54, 1.807) is 13.5 Å². The van der Waals surface area contributed by atoms with Gasteiger partial charge in [0.1, 0.15) is 12.9 Å². The Morgan fingerprint density at radius 3 is 2.88 bits per heavy atom. The maximum atomic E-state index is 11.2. The van der Waals surface area contributed by atoms with Crippen LogP contribution in [-0.4, -0.2) is 32.1 Å². The number of hydrogen-bond donors (Lipinski definition) is 0. The number of carbonyl (C=O) groups excluding carboxylic acids is 1. The molecule has 0 aromatic rings. The molecule has 1 aliphatic heterocycles. The Labute approximate surface area is 97.2 Å². The van der Waals surface area contributed by atoms with Crippen LogP contribution in [0.15, 0.2) is 0 Å². The third kappa shape index (κ3) is 3.76. The lowest BCUT2D eigenvalue weighted by atomic mass is 10.0. The van der Waals surface area contributed by atoms with Crippen molar-refractivity contribution in [3.05, 3.63) is 19.3 Å². The molecular formula is C12H19O4. The van der Waals surface area contributed by atoms with Gasteiger partial charge in [0.2, 0.25) is 0 Å². The van der Waals surface area contributed by atoms with Gasteiger partial charge in [0.05, 0.1) is 12.0 Å². The summed E-state index contributed by atoms with van der Waals surface area (Å²) in [6, 6.07) is 0. The van der Waals surface area contributed by atoms with Gasteiger partial charge in [-0.3, -0.25) is 4.79 Å². The Morgan fingerprint density at radius 2 is 2.38 bits per heavy atom. The molecule has 3 radical (unpaired) electrons. The van der Waals surface area contributed by atoms with Crippen molar-refractivity contribution < 1.29 is 19.0 Å². The van der Waals surface area contributed by atoms with Crippen molar-refractivity contribution >= 4 is 5.97 Å². The molecule has 1 aliphatic rings. The molecule has 0 saturated carbocycles. The number of cyclic esters (lactones) is 1. The summed E-state index contributed by atoms with van der Waals surface area (Å²) in [5.74, 6) is 0.0556. The zero-order valence-electron chi connectivity index (χ0n) is 9.90. The molecule has 2 atom stereocenters. The molecule has 4 heteroatoms. The first-order chi connectivity index (χ1) is 7.69. The van der Waals surface area contributed by atoms with Gasteiger partial charge < -0.3 is 14.2 Å². The molecule has 4 nitrogen and oxygen atoms in total. The first kappa shape index (κ1) is 13.5. The summed E-state index contributed by atoms with van der Waals surface area (Å²) in [6.45, 7) is 5.93. The molecule has 1 fully saturated rings. The van der Waals surface area contributed by atoms with E-state index in [1.165, 1.54) is 0 Å². The highest BCUT2D eigenvalue weighted by Gasteiger charge is 2.37. The monoisotopic (exact) mass is 227 g/mol. The maximum absolute atomic E-state index is 11.2. The van der Waals surface area contributed by atoms with Gasteiger partial charge in [-0.1, -0.05) is 19.8 Å². The van der Waals surface area contributed by atoms with E-state index in [9.17, 15) is 4.79 Å². The zero-order chi connectivity index (χ0) is 12.0. The third-order valence-corrected chi connectivity index (χ3v) is 2.48. The van der Waals surface area contributed by atoms with Gasteiger partial charge in [0.25, 0.3) is 0 Å². The van der Waals surface area contributed by atoms with Crippen molar-refractivity contribution in [2.24, 2.45) is 0 Å². The van der Waals surface area contributed by atoms with E-state index in [2.05, 4.69) is 13.8 Å². The zero-order valence-corrected chi connectivity index (χ0v) is 9.90. The summed E-state index contributed by atoms with van der Waals surface area (Å²) in [5.41, 5.74) is 0. The van der Waals surface area contributed by atoms with Crippen molar-refractivity contribution in [3.8, 4) is 0 Å². The number of ether oxygens (including phenoxy) is 3. The lowest BCUT2D eigenvalue weighted by Gasteiger charge is -2.22. The van der Waals surface area contributed by atoms with Crippen LogP contribution in [0, 0.1) is 19.3 Å². The second-order valence-corrected chi connectivity index (χ2v) is 3.82. The summed E-state index contributed by atoms with van der Waals surface area (Å²) in [6.07, 6.45) is 4.22. The summed E-state index contributed by atoms with van der Waals surface area (Å²) in [4.78, 5) is 11.2. The van der Waals surface area contributed by atoms with Crippen LogP contribution in [0.25, 0.3) is 0 Å². The Bertz CT molecular complexity index is 209. The van der Waals surface area contributed by atoms with Crippen LogP contribution in [0.4, 0.5) is 0 Å². The Kier molecular flexibility index (Phi) is 5.77. The molecule has 1 rings (SSSR count). The minimum Gasteiger partial charge on any atom is -0.459 e. The van der Waals surface area contributed by atoms with E-state index in [0.717, 1.165) is 19.3 Å². The Balaban J connectivity index is 2.44. The van der Waals surface area contributed by atoms with E-state index >= 15 is 0 Å². The van der Waals surface area contributed by atoms with E-state index in [4.69, 9.17) is 14.2 Å². The SMILES string of the molecule is [CH2][C]1[CH][C@@H]([C@H](CCCC)OCOC)OC1=O. The average Bonchev–Trinajstić information content (AvgIpc) is 2.59. The van der Waals surface area contributed by atoms with E-state index in [0.29, 0.717) is 5.92 Å². The van der Waals surface area contributed by atoms with Crippen LogP contribution in [0.3, 0.4) is 0 Å². The fourth-order valence-electron chi connectivity index (χ4n) is 1.59. The van der Waals surface area contributed by atoms with Gasteiger partial charge >= 0.3 is 5.97 Å². The topological polar surface area (TPSA) is 44.8 Å². The fourth-order valence-corrected chi connectivity index (χ4v) is 1.59. The molecule has 0 N–H and O–H groups in total. The van der Waals surface area contributed by atoms with Gasteiger partial charge in [0.15, 0.2) is 0 Å². The highest BCUT2D eigenvalue weighted by molar-refractivity contribution is 5.90. The lowest BCUT2D eigenvalue weighted by molar-refractivity contribution is -0.152. The molecule has 91 valence electrons. The van der Waals surface area contributed by atoms with Gasteiger partial charge in [0, 0.05) is 13.5 Å². The first-order valence-corrected chi connectivity index (χ1v) is 5.54. The molecule has 1 saturated heterocycles. The van der Waals surface area contributed by atoms with E-state index < -0.39 is 0 Å². The number of methoxy groups -OCH3 is 1. The number of carbonyl (C=O) groups is 1. The smallest absolute Gasteiger partial charge is 0.314 e. The van der Waals surface area contributed by atoms with E-state index in [1.807, 2.05) is 0 Å². The molecule has 0 spiro atoms. The minimum atomic E-state index is -0.354. The van der Waals surface area contributed by atoms with Crippen LogP contribution in [0.5, 0.6) is 0 Å². The molecule has 0 amide bonds. The average molecular weight is 227 g/mol. The highest BCUT2D eigenvalue weighted by atomic mass is 16.7. The van der Waals surface area contributed by atoms with Gasteiger partial charge in [-0.05, 0) is 13.3 Å².